The number of aryl methyl sites for hydroxylation is 1. The smallest absolute Gasteiger partial charge is 0.475 e. The average molecular weight is 508 g/mol. The molecule has 15 heteroatoms. The second-order valence-electron chi connectivity index (χ2n) is 7.37. The molecule has 2 aliphatic rings. The molecule has 3 atom stereocenters. The maximum atomic E-state index is 12.2. The van der Waals surface area contributed by atoms with Crippen molar-refractivity contribution in [3.05, 3.63) is 27.9 Å². The minimum Gasteiger partial charge on any atom is -0.475 e. The summed E-state index contributed by atoms with van der Waals surface area (Å²) in [6.07, 6.45) is -3.99. The lowest BCUT2D eigenvalue weighted by Gasteiger charge is -2.44. The lowest BCUT2D eigenvalue weighted by molar-refractivity contribution is -0.192. The summed E-state index contributed by atoms with van der Waals surface area (Å²) in [4.78, 5) is 30.5. The van der Waals surface area contributed by atoms with Crippen LogP contribution in [0.4, 0.5) is 19.0 Å². The van der Waals surface area contributed by atoms with Crippen molar-refractivity contribution in [3.8, 4) is 0 Å². The number of halogens is 3. The number of carbonyl (C=O) groups is 2. The molecule has 0 spiro atoms. The standard InChI is InChI=1S/C16H19N5O3S2.C2HF3O2/c1-8-3-11(24-21-8)13(22)18-12-6-25-14(19-12)16-7-23-9(2)4-10(16)5-26-15(17)20-16;3-2(4,5)1(6)7/h3,6,9-10H,4-5,7H2,1-2H3,(H2,17,20)(H,18,22);(H,6,7)/t9-,10-,16-;/m0./s1. The zero-order valence-corrected chi connectivity index (χ0v) is 19.0. The number of carbonyl (C=O) groups excluding carboxylic acids is 1. The lowest BCUT2D eigenvalue weighted by atomic mass is 9.80. The van der Waals surface area contributed by atoms with Gasteiger partial charge in [-0.15, -0.1) is 11.3 Å². The molecule has 2 aromatic heterocycles. The third-order valence-electron chi connectivity index (χ3n) is 4.83. The SMILES string of the molecule is Cc1cc(C(=O)Nc2csc([C@]34CO[C@@H](C)C[C@H]3CSC(N)=N4)n2)on1.O=C(O)C(F)(F)F. The topological polar surface area (TPSA) is 153 Å². The quantitative estimate of drug-likeness (QED) is 0.569. The number of rotatable bonds is 3. The number of alkyl halides is 3. The van der Waals surface area contributed by atoms with Gasteiger partial charge in [0, 0.05) is 23.1 Å². The third-order valence-corrected chi connectivity index (χ3v) is 6.80. The highest BCUT2D eigenvalue weighted by Gasteiger charge is 2.49. The summed E-state index contributed by atoms with van der Waals surface area (Å²) in [5, 5.41) is 16.8. The van der Waals surface area contributed by atoms with Crippen LogP contribution in [0.15, 0.2) is 21.0 Å². The van der Waals surface area contributed by atoms with Crippen molar-refractivity contribution in [1.29, 1.82) is 0 Å². The minimum atomic E-state index is -5.08. The predicted molar refractivity (Wildman–Crippen MR) is 114 cm³/mol. The summed E-state index contributed by atoms with van der Waals surface area (Å²) in [5.41, 5.74) is 6.09. The van der Waals surface area contributed by atoms with Crippen molar-refractivity contribution in [1.82, 2.24) is 10.1 Å². The summed E-state index contributed by atoms with van der Waals surface area (Å²) in [6, 6.07) is 1.58. The summed E-state index contributed by atoms with van der Waals surface area (Å²) >= 11 is 3.03. The van der Waals surface area contributed by atoms with Crippen LogP contribution in [0.1, 0.15) is 34.6 Å². The Balaban J connectivity index is 0.000000383. The van der Waals surface area contributed by atoms with Crippen LogP contribution in [0.2, 0.25) is 0 Å². The Labute approximate surface area is 193 Å². The van der Waals surface area contributed by atoms with Crippen molar-refractivity contribution < 1.29 is 37.1 Å². The van der Waals surface area contributed by atoms with E-state index in [1.807, 2.05) is 0 Å². The summed E-state index contributed by atoms with van der Waals surface area (Å²) in [5.74, 6) is -1.33. The fourth-order valence-electron chi connectivity index (χ4n) is 3.26. The molecule has 2 aliphatic heterocycles. The Bertz CT molecular complexity index is 1060. The van der Waals surface area contributed by atoms with Gasteiger partial charge in [0.1, 0.15) is 16.4 Å². The third kappa shape index (κ3) is 5.83. The Morgan fingerprint density at radius 3 is 2.70 bits per heavy atom. The van der Waals surface area contributed by atoms with Crippen LogP contribution in [0.25, 0.3) is 0 Å². The molecule has 0 saturated carbocycles. The number of aliphatic imine (C=N–C) groups is 1. The molecule has 4 rings (SSSR count). The number of ether oxygens (including phenoxy) is 1. The maximum absolute atomic E-state index is 12.2. The van der Waals surface area contributed by atoms with Crippen molar-refractivity contribution in [3.63, 3.8) is 0 Å². The normalized spacial score (nSPS) is 24.7. The van der Waals surface area contributed by atoms with Gasteiger partial charge in [-0.05, 0) is 20.3 Å². The van der Waals surface area contributed by atoms with Crippen molar-refractivity contribution in [2.75, 3.05) is 17.7 Å². The molecule has 0 radical (unpaired) electrons. The molecule has 4 heterocycles. The van der Waals surface area contributed by atoms with E-state index in [2.05, 4.69) is 22.4 Å². The first-order valence-electron chi connectivity index (χ1n) is 9.51. The second kappa shape index (κ2) is 9.69. The fourth-order valence-corrected chi connectivity index (χ4v) is 5.23. The number of thioether (sulfide) groups is 1. The number of carboxylic acid groups (broad SMARTS) is 1. The molecule has 0 unspecified atom stereocenters. The molecular formula is C18H20F3N5O5S2. The van der Waals surface area contributed by atoms with Crippen LogP contribution in [0.5, 0.6) is 0 Å². The first kappa shape index (κ1) is 25.0. The van der Waals surface area contributed by atoms with Gasteiger partial charge in [-0.3, -0.25) is 4.79 Å². The number of amides is 1. The van der Waals surface area contributed by atoms with Gasteiger partial charge < -0.3 is 25.4 Å². The first-order chi connectivity index (χ1) is 15.4. The Morgan fingerprint density at radius 1 is 1.39 bits per heavy atom. The monoisotopic (exact) mass is 507 g/mol. The molecule has 33 heavy (non-hydrogen) atoms. The van der Waals surface area contributed by atoms with E-state index in [0.717, 1.165) is 17.2 Å². The van der Waals surface area contributed by atoms with Crippen molar-refractivity contribution in [2.24, 2.45) is 16.6 Å². The van der Waals surface area contributed by atoms with E-state index in [9.17, 15) is 18.0 Å². The second-order valence-corrected chi connectivity index (χ2v) is 9.27. The number of carboxylic acids is 1. The van der Waals surface area contributed by atoms with Gasteiger partial charge >= 0.3 is 12.1 Å². The molecule has 180 valence electrons. The van der Waals surface area contributed by atoms with Crippen LogP contribution < -0.4 is 11.1 Å². The van der Waals surface area contributed by atoms with Crippen LogP contribution >= 0.6 is 23.1 Å². The molecular weight excluding hydrogens is 487 g/mol. The largest absolute Gasteiger partial charge is 0.490 e. The molecule has 0 bridgehead atoms. The number of hydrogen-bond donors (Lipinski definition) is 3. The Kier molecular flexibility index (Phi) is 7.33. The van der Waals surface area contributed by atoms with E-state index in [1.54, 1.807) is 30.1 Å². The van der Waals surface area contributed by atoms with Crippen LogP contribution in [0, 0.1) is 12.8 Å². The van der Waals surface area contributed by atoms with Gasteiger partial charge in [-0.2, -0.15) is 13.2 Å². The zero-order valence-electron chi connectivity index (χ0n) is 17.4. The predicted octanol–water partition coefficient (Wildman–Crippen LogP) is 3.01. The van der Waals surface area contributed by atoms with Crippen molar-refractivity contribution >= 4 is 46.0 Å². The molecule has 0 aliphatic carbocycles. The highest BCUT2D eigenvalue weighted by molar-refractivity contribution is 8.13. The highest BCUT2D eigenvalue weighted by atomic mass is 32.2. The van der Waals surface area contributed by atoms with Gasteiger partial charge in [0.25, 0.3) is 5.91 Å². The minimum absolute atomic E-state index is 0.152. The molecule has 2 aromatic rings. The lowest BCUT2D eigenvalue weighted by Crippen LogP contribution is -2.49. The number of fused-ring (bicyclic) bond motifs is 1. The van der Waals surface area contributed by atoms with Crippen LogP contribution in [-0.4, -0.2) is 56.9 Å². The number of nitrogens with one attached hydrogen (secondary N) is 1. The number of anilines is 1. The number of thiazole rings is 1. The molecule has 1 fully saturated rings. The van der Waals surface area contributed by atoms with Crippen LogP contribution in [-0.2, 0) is 15.1 Å². The van der Waals surface area contributed by atoms with Gasteiger partial charge in [0.15, 0.2) is 5.17 Å². The number of nitrogens with zero attached hydrogens (tertiary/aromatic N) is 3. The Hall–Kier alpha value is -2.65. The zero-order chi connectivity index (χ0) is 24.4. The Morgan fingerprint density at radius 2 is 2.09 bits per heavy atom. The van der Waals surface area contributed by atoms with Gasteiger partial charge in [0.2, 0.25) is 5.76 Å². The highest BCUT2D eigenvalue weighted by Crippen LogP contribution is 2.47. The fraction of sp³-hybridized carbons (Fsp3) is 0.500. The van der Waals surface area contributed by atoms with E-state index in [4.69, 9.17) is 29.9 Å². The average Bonchev–Trinajstić information content (AvgIpc) is 3.37. The number of hydrogen-bond acceptors (Lipinski definition) is 10. The summed E-state index contributed by atoms with van der Waals surface area (Å²) < 4.78 is 42.6. The summed E-state index contributed by atoms with van der Waals surface area (Å²) in [6.45, 7) is 4.28. The number of nitrogens with two attached hydrogens (primary N) is 1. The molecule has 1 amide bonds. The number of aromatic nitrogens is 2. The first-order valence-corrected chi connectivity index (χ1v) is 11.4. The van der Waals surface area contributed by atoms with Gasteiger partial charge in [-0.25, -0.2) is 14.8 Å². The van der Waals surface area contributed by atoms with E-state index in [1.165, 1.54) is 11.3 Å². The molecule has 1 saturated heterocycles. The van der Waals surface area contributed by atoms with Gasteiger partial charge in [0.05, 0.1) is 18.4 Å². The van der Waals surface area contributed by atoms with Crippen LogP contribution in [0.3, 0.4) is 0 Å². The number of amidine groups is 1. The van der Waals surface area contributed by atoms with Crippen molar-refractivity contribution in [2.45, 2.75) is 38.1 Å². The molecule has 10 nitrogen and oxygen atoms in total. The number of aliphatic carboxylic acids is 1. The maximum Gasteiger partial charge on any atom is 0.490 e. The van der Waals surface area contributed by atoms with Gasteiger partial charge in [-0.1, -0.05) is 16.9 Å². The van der Waals surface area contributed by atoms with E-state index < -0.39 is 17.7 Å². The summed E-state index contributed by atoms with van der Waals surface area (Å²) in [7, 11) is 0. The van der Waals surface area contributed by atoms with E-state index in [0.29, 0.717) is 29.2 Å². The molecule has 4 N–H and O–H groups in total. The van der Waals surface area contributed by atoms with E-state index in [-0.39, 0.29) is 17.8 Å². The van der Waals surface area contributed by atoms with E-state index >= 15 is 0 Å². The molecule has 0 aromatic carbocycles.